The summed E-state index contributed by atoms with van der Waals surface area (Å²) in [7, 11) is 3.26. The second-order valence-corrected chi connectivity index (χ2v) is 7.74. The lowest BCUT2D eigenvalue weighted by atomic mass is 9.98. The van der Waals surface area contributed by atoms with Gasteiger partial charge >= 0.3 is 0 Å². The number of rotatable bonds is 6. The SMILES string of the molecule is COc1cc2c(cc1OC)CN(CC(=O)NC(C)c1ccc(Cl)cc1Cl)CC2. The molecule has 0 fully saturated rings. The van der Waals surface area contributed by atoms with Gasteiger partial charge in [-0.25, -0.2) is 0 Å². The van der Waals surface area contributed by atoms with Gasteiger partial charge in [0.15, 0.2) is 11.5 Å². The number of halogens is 2. The minimum absolute atomic E-state index is 0.0394. The van der Waals surface area contributed by atoms with Gasteiger partial charge in [-0.15, -0.1) is 0 Å². The molecular formula is C21H24Cl2N2O3. The Morgan fingerprint density at radius 2 is 1.82 bits per heavy atom. The van der Waals surface area contributed by atoms with Crippen molar-refractivity contribution in [2.24, 2.45) is 0 Å². The van der Waals surface area contributed by atoms with E-state index < -0.39 is 0 Å². The van der Waals surface area contributed by atoms with Crippen LogP contribution in [-0.2, 0) is 17.8 Å². The van der Waals surface area contributed by atoms with Crippen LogP contribution in [0.3, 0.4) is 0 Å². The predicted molar refractivity (Wildman–Crippen MR) is 112 cm³/mol. The molecule has 0 bridgehead atoms. The number of fused-ring (bicyclic) bond motifs is 1. The van der Waals surface area contributed by atoms with E-state index in [0.717, 1.165) is 29.8 Å². The third-order valence-electron chi connectivity index (χ3n) is 4.97. The summed E-state index contributed by atoms with van der Waals surface area (Å²) >= 11 is 12.2. The average Bonchev–Trinajstić information content (AvgIpc) is 2.66. The zero-order valence-corrected chi connectivity index (χ0v) is 17.7. The fourth-order valence-electron chi connectivity index (χ4n) is 3.50. The fraction of sp³-hybridized carbons (Fsp3) is 0.381. The molecule has 1 amide bonds. The first-order valence-corrected chi connectivity index (χ1v) is 9.87. The molecule has 7 heteroatoms. The van der Waals surface area contributed by atoms with Crippen molar-refractivity contribution in [2.45, 2.75) is 25.9 Å². The van der Waals surface area contributed by atoms with Crippen LogP contribution in [0.15, 0.2) is 30.3 Å². The summed E-state index contributed by atoms with van der Waals surface area (Å²) in [4.78, 5) is 14.7. The van der Waals surface area contributed by atoms with Crippen LogP contribution < -0.4 is 14.8 Å². The third-order valence-corrected chi connectivity index (χ3v) is 5.53. The molecule has 3 rings (SSSR count). The largest absolute Gasteiger partial charge is 0.493 e. The first-order chi connectivity index (χ1) is 13.4. The molecule has 0 spiro atoms. The smallest absolute Gasteiger partial charge is 0.234 e. The van der Waals surface area contributed by atoms with Crippen molar-refractivity contribution in [2.75, 3.05) is 27.3 Å². The Hall–Kier alpha value is -1.95. The van der Waals surface area contributed by atoms with E-state index in [4.69, 9.17) is 32.7 Å². The summed E-state index contributed by atoms with van der Waals surface area (Å²) in [6.45, 7) is 3.74. The molecule has 1 aliphatic rings. The van der Waals surface area contributed by atoms with E-state index in [9.17, 15) is 4.79 Å². The van der Waals surface area contributed by atoms with Gasteiger partial charge in [-0.2, -0.15) is 0 Å². The monoisotopic (exact) mass is 422 g/mol. The van der Waals surface area contributed by atoms with Crippen molar-refractivity contribution in [3.8, 4) is 11.5 Å². The lowest BCUT2D eigenvalue weighted by Gasteiger charge is -2.29. The van der Waals surface area contributed by atoms with E-state index in [1.165, 1.54) is 5.56 Å². The summed E-state index contributed by atoms with van der Waals surface area (Å²) in [5, 5.41) is 4.14. The van der Waals surface area contributed by atoms with E-state index >= 15 is 0 Å². The van der Waals surface area contributed by atoms with Gasteiger partial charge in [0.1, 0.15) is 0 Å². The van der Waals surface area contributed by atoms with Crippen LogP contribution in [0.2, 0.25) is 10.0 Å². The number of hydrogen-bond donors (Lipinski definition) is 1. The summed E-state index contributed by atoms with van der Waals surface area (Å²) in [6.07, 6.45) is 0.863. The average molecular weight is 423 g/mol. The maximum Gasteiger partial charge on any atom is 0.234 e. The molecule has 1 N–H and O–H groups in total. The van der Waals surface area contributed by atoms with Crippen LogP contribution in [0.1, 0.15) is 29.7 Å². The molecule has 0 radical (unpaired) electrons. The van der Waals surface area contributed by atoms with Crippen molar-refractivity contribution in [3.05, 3.63) is 57.1 Å². The van der Waals surface area contributed by atoms with Gasteiger partial charge in [0.05, 0.1) is 26.8 Å². The molecule has 1 atom stereocenters. The van der Waals surface area contributed by atoms with Crippen molar-refractivity contribution < 1.29 is 14.3 Å². The summed E-state index contributed by atoms with van der Waals surface area (Å²) < 4.78 is 10.8. The molecule has 0 aliphatic carbocycles. The van der Waals surface area contributed by atoms with Gasteiger partial charge in [0.25, 0.3) is 0 Å². The van der Waals surface area contributed by atoms with Gasteiger partial charge < -0.3 is 14.8 Å². The Balaban J connectivity index is 1.62. The maximum absolute atomic E-state index is 12.5. The molecule has 1 unspecified atom stereocenters. The standard InChI is InChI=1S/C21H24Cl2N2O3/c1-13(17-5-4-16(22)10-18(17)23)24-21(26)12-25-7-6-14-8-19(27-2)20(28-3)9-15(14)11-25/h4-5,8-10,13H,6-7,11-12H2,1-3H3,(H,24,26). The first-order valence-electron chi connectivity index (χ1n) is 9.11. The molecule has 1 aliphatic heterocycles. The minimum Gasteiger partial charge on any atom is -0.493 e. The number of ether oxygens (including phenoxy) is 2. The zero-order valence-electron chi connectivity index (χ0n) is 16.2. The number of amides is 1. The molecule has 1 heterocycles. The minimum atomic E-state index is -0.196. The maximum atomic E-state index is 12.5. The third kappa shape index (κ3) is 4.72. The molecule has 0 aromatic heterocycles. The molecular weight excluding hydrogens is 399 g/mol. The van der Waals surface area contributed by atoms with E-state index in [0.29, 0.717) is 28.9 Å². The number of methoxy groups -OCH3 is 2. The summed E-state index contributed by atoms with van der Waals surface area (Å²) in [6, 6.07) is 9.12. The van der Waals surface area contributed by atoms with Crippen molar-refractivity contribution in [1.82, 2.24) is 10.2 Å². The van der Waals surface area contributed by atoms with Crippen LogP contribution in [0, 0.1) is 0 Å². The van der Waals surface area contributed by atoms with Crippen LogP contribution in [0.25, 0.3) is 0 Å². The Morgan fingerprint density at radius 3 is 2.46 bits per heavy atom. The Labute approximate surface area is 175 Å². The lowest BCUT2D eigenvalue weighted by Crippen LogP contribution is -2.40. The second-order valence-electron chi connectivity index (χ2n) is 6.89. The Kier molecular flexibility index (Phi) is 6.70. The highest BCUT2D eigenvalue weighted by Crippen LogP contribution is 2.33. The molecule has 150 valence electrons. The molecule has 2 aromatic rings. The topological polar surface area (TPSA) is 50.8 Å². The van der Waals surface area contributed by atoms with Crippen LogP contribution >= 0.6 is 23.2 Å². The zero-order chi connectivity index (χ0) is 20.3. The predicted octanol–water partition coefficient (Wildman–Crippen LogP) is 4.25. The van der Waals surface area contributed by atoms with Gasteiger partial charge in [0, 0.05) is 23.1 Å². The van der Waals surface area contributed by atoms with Crippen molar-refractivity contribution >= 4 is 29.1 Å². The molecule has 28 heavy (non-hydrogen) atoms. The number of benzene rings is 2. The van der Waals surface area contributed by atoms with Crippen molar-refractivity contribution in [1.29, 1.82) is 0 Å². The van der Waals surface area contributed by atoms with E-state index in [2.05, 4.69) is 10.2 Å². The normalized spacial score (nSPS) is 14.9. The highest BCUT2D eigenvalue weighted by Gasteiger charge is 2.22. The first kappa shape index (κ1) is 20.8. The van der Waals surface area contributed by atoms with Gasteiger partial charge in [-0.1, -0.05) is 29.3 Å². The number of nitrogens with one attached hydrogen (secondary N) is 1. The number of carbonyl (C=O) groups is 1. The quantitative estimate of drug-likeness (QED) is 0.755. The van der Waals surface area contributed by atoms with Gasteiger partial charge in [-0.3, -0.25) is 9.69 Å². The van der Waals surface area contributed by atoms with Crippen molar-refractivity contribution in [3.63, 3.8) is 0 Å². The Morgan fingerprint density at radius 1 is 1.14 bits per heavy atom. The van der Waals surface area contributed by atoms with E-state index in [-0.39, 0.29) is 11.9 Å². The summed E-state index contributed by atoms with van der Waals surface area (Å²) in [5.74, 6) is 1.40. The summed E-state index contributed by atoms with van der Waals surface area (Å²) in [5.41, 5.74) is 3.24. The lowest BCUT2D eigenvalue weighted by molar-refractivity contribution is -0.123. The Bertz CT molecular complexity index is 873. The molecule has 5 nitrogen and oxygen atoms in total. The molecule has 2 aromatic carbocycles. The highest BCUT2D eigenvalue weighted by atomic mass is 35.5. The highest BCUT2D eigenvalue weighted by molar-refractivity contribution is 6.35. The van der Waals surface area contributed by atoms with Crippen LogP contribution in [0.5, 0.6) is 11.5 Å². The van der Waals surface area contributed by atoms with Gasteiger partial charge in [-0.05, 0) is 54.3 Å². The van der Waals surface area contributed by atoms with Crippen LogP contribution in [-0.4, -0.2) is 38.1 Å². The second kappa shape index (κ2) is 9.03. The fourth-order valence-corrected chi connectivity index (χ4v) is 4.07. The number of nitrogens with zero attached hydrogens (tertiary/aromatic N) is 1. The number of hydrogen-bond acceptors (Lipinski definition) is 4. The molecule has 0 saturated carbocycles. The van der Waals surface area contributed by atoms with E-state index in [1.807, 2.05) is 25.1 Å². The van der Waals surface area contributed by atoms with Crippen LogP contribution in [0.4, 0.5) is 0 Å². The molecule has 0 saturated heterocycles. The van der Waals surface area contributed by atoms with Gasteiger partial charge in [0.2, 0.25) is 5.91 Å². The number of carbonyl (C=O) groups excluding carboxylic acids is 1. The van der Waals surface area contributed by atoms with E-state index in [1.54, 1.807) is 26.4 Å².